The number of allylic oxidation sites excluding steroid dienone is 5. The van der Waals surface area contributed by atoms with Gasteiger partial charge < -0.3 is 4.43 Å². The van der Waals surface area contributed by atoms with Gasteiger partial charge in [-0.15, -0.1) is 5.73 Å². The molecular weight excluding hydrogens is 477 g/mol. The molecule has 0 heterocycles. The summed E-state index contributed by atoms with van der Waals surface area (Å²) in [7, 11) is -3.33. The summed E-state index contributed by atoms with van der Waals surface area (Å²) in [5.74, 6) is 0. The maximum atomic E-state index is 13.6. The van der Waals surface area contributed by atoms with Gasteiger partial charge in [0.25, 0.3) is 0 Å². The quantitative estimate of drug-likeness (QED) is 0.138. The summed E-state index contributed by atoms with van der Waals surface area (Å²) < 4.78 is 37.8. The Morgan fingerprint density at radius 1 is 1.19 bits per heavy atom. The molecule has 0 N–H and O–H groups in total. The average Bonchev–Trinajstić information content (AvgIpc) is 2.77. The SMILES string of the molecule is [2H]C([2H])(/C=C(\C)C=C=C(/C(C)=C/CO[Si](C)(C)C(C)(C)C)S(=O)c1ccccc1)C1=C(C)CCCC1(C)C. The molecular formula is C32H48O2SSi. The highest BCUT2D eigenvalue weighted by atomic mass is 32.2. The van der Waals surface area contributed by atoms with Gasteiger partial charge in [-0.25, -0.2) is 4.21 Å². The fourth-order valence-electron chi connectivity index (χ4n) is 4.01. The van der Waals surface area contributed by atoms with Crippen molar-refractivity contribution in [2.45, 2.75) is 104 Å². The molecule has 0 saturated carbocycles. The van der Waals surface area contributed by atoms with Crippen molar-refractivity contribution in [1.29, 1.82) is 0 Å². The van der Waals surface area contributed by atoms with E-state index in [-0.39, 0.29) is 10.5 Å². The molecule has 0 amide bonds. The Morgan fingerprint density at radius 3 is 2.42 bits per heavy atom. The van der Waals surface area contributed by atoms with E-state index in [1.807, 2.05) is 50.3 Å². The van der Waals surface area contributed by atoms with E-state index in [4.69, 9.17) is 7.17 Å². The molecule has 4 heteroatoms. The van der Waals surface area contributed by atoms with Gasteiger partial charge in [0.2, 0.25) is 0 Å². The summed E-state index contributed by atoms with van der Waals surface area (Å²) in [5.41, 5.74) is 6.75. The minimum atomic E-state index is -1.91. The van der Waals surface area contributed by atoms with Gasteiger partial charge in [-0.1, -0.05) is 76.1 Å². The van der Waals surface area contributed by atoms with Crippen LogP contribution in [0.1, 0.15) is 83.8 Å². The van der Waals surface area contributed by atoms with Gasteiger partial charge in [-0.3, -0.25) is 0 Å². The zero-order valence-corrected chi connectivity index (χ0v) is 26.0. The molecule has 1 aromatic rings. The second-order valence-electron chi connectivity index (χ2n) is 12.1. The summed E-state index contributed by atoms with van der Waals surface area (Å²) in [4.78, 5) is 1.29. The van der Waals surface area contributed by atoms with Crippen molar-refractivity contribution in [3.63, 3.8) is 0 Å². The summed E-state index contributed by atoms with van der Waals surface area (Å²) in [5, 5.41) is 0.113. The molecule has 0 spiro atoms. The highest BCUT2D eigenvalue weighted by Crippen LogP contribution is 2.42. The van der Waals surface area contributed by atoms with Crippen molar-refractivity contribution >= 4 is 19.1 Å². The molecule has 1 aliphatic rings. The molecule has 0 bridgehead atoms. The fourth-order valence-corrected chi connectivity index (χ4v) is 6.12. The van der Waals surface area contributed by atoms with Crippen LogP contribution in [0.25, 0.3) is 0 Å². The Morgan fingerprint density at radius 2 is 1.83 bits per heavy atom. The van der Waals surface area contributed by atoms with E-state index in [9.17, 15) is 4.21 Å². The van der Waals surface area contributed by atoms with Crippen LogP contribution in [0.4, 0.5) is 0 Å². The van der Waals surface area contributed by atoms with E-state index in [0.29, 0.717) is 16.4 Å². The van der Waals surface area contributed by atoms with Crippen molar-refractivity contribution in [2.24, 2.45) is 5.41 Å². The van der Waals surface area contributed by atoms with Gasteiger partial charge in [0.1, 0.15) is 0 Å². The molecule has 1 aliphatic carbocycles. The number of hydrogen-bond acceptors (Lipinski definition) is 2. The van der Waals surface area contributed by atoms with Gasteiger partial charge in [0.05, 0.1) is 22.3 Å². The lowest BCUT2D eigenvalue weighted by Gasteiger charge is -2.35. The van der Waals surface area contributed by atoms with Crippen molar-refractivity contribution in [2.75, 3.05) is 6.61 Å². The molecule has 0 fully saturated rings. The third kappa shape index (κ3) is 8.41. The zero-order chi connectivity index (χ0) is 28.9. The third-order valence-electron chi connectivity index (χ3n) is 7.47. The van der Waals surface area contributed by atoms with Crippen LogP contribution < -0.4 is 0 Å². The van der Waals surface area contributed by atoms with E-state index in [1.54, 1.807) is 12.2 Å². The Kier molecular flexibility index (Phi) is 9.63. The topological polar surface area (TPSA) is 26.3 Å². The minimum absolute atomic E-state index is 0.113. The van der Waals surface area contributed by atoms with Gasteiger partial charge in [-0.2, -0.15) is 0 Å². The molecule has 0 aromatic heterocycles. The maximum Gasteiger partial charge on any atom is 0.192 e. The van der Waals surface area contributed by atoms with E-state index >= 15 is 0 Å². The molecule has 0 aliphatic heterocycles. The summed E-state index contributed by atoms with van der Waals surface area (Å²) in [6.07, 6.45) is 6.93. The Balaban J connectivity index is 2.48. The Bertz CT molecular complexity index is 1180. The van der Waals surface area contributed by atoms with Crippen molar-refractivity contribution in [3.8, 4) is 0 Å². The zero-order valence-electron chi connectivity index (χ0n) is 26.2. The predicted molar refractivity (Wildman–Crippen MR) is 160 cm³/mol. The Labute approximate surface area is 227 Å². The molecule has 1 unspecified atom stereocenters. The van der Waals surface area contributed by atoms with E-state index in [0.717, 1.165) is 41.6 Å². The van der Waals surface area contributed by atoms with E-state index in [1.165, 1.54) is 0 Å². The van der Waals surface area contributed by atoms with Crippen LogP contribution in [0.2, 0.25) is 18.1 Å². The van der Waals surface area contributed by atoms with Crippen molar-refractivity contribution in [3.05, 3.63) is 81.5 Å². The normalized spacial score (nSPS) is 19.3. The molecule has 2 rings (SSSR count). The molecule has 0 radical (unpaired) electrons. The van der Waals surface area contributed by atoms with Crippen LogP contribution >= 0.6 is 0 Å². The largest absolute Gasteiger partial charge is 0.413 e. The highest BCUT2D eigenvalue weighted by Gasteiger charge is 2.36. The second kappa shape index (κ2) is 12.7. The van der Waals surface area contributed by atoms with Crippen LogP contribution in [0.5, 0.6) is 0 Å². The summed E-state index contributed by atoms with van der Waals surface area (Å²) in [6, 6.07) is 9.40. The first kappa shape index (κ1) is 27.3. The van der Waals surface area contributed by atoms with Gasteiger partial charge in [0.15, 0.2) is 8.32 Å². The van der Waals surface area contributed by atoms with Crippen LogP contribution in [0.3, 0.4) is 0 Å². The van der Waals surface area contributed by atoms with Gasteiger partial charge in [0, 0.05) is 7.64 Å². The smallest absolute Gasteiger partial charge is 0.192 e. The van der Waals surface area contributed by atoms with Crippen LogP contribution in [0, 0.1) is 5.41 Å². The first-order valence-electron chi connectivity index (χ1n) is 14.0. The highest BCUT2D eigenvalue weighted by molar-refractivity contribution is 7.89. The van der Waals surface area contributed by atoms with Crippen molar-refractivity contribution < 1.29 is 11.4 Å². The van der Waals surface area contributed by atoms with Crippen LogP contribution in [-0.2, 0) is 15.2 Å². The second-order valence-corrected chi connectivity index (χ2v) is 18.3. The molecule has 1 aromatic carbocycles. The summed E-state index contributed by atoms with van der Waals surface area (Å²) >= 11 is 0. The number of hydrogen-bond donors (Lipinski definition) is 0. The maximum absolute atomic E-state index is 13.6. The first-order chi connectivity index (χ1) is 17.4. The monoisotopic (exact) mass is 526 g/mol. The molecule has 36 heavy (non-hydrogen) atoms. The molecule has 1 atom stereocenters. The number of rotatable bonds is 9. The lowest BCUT2D eigenvalue weighted by atomic mass is 9.71. The third-order valence-corrected chi connectivity index (χ3v) is 13.5. The predicted octanol–water partition coefficient (Wildman–Crippen LogP) is 9.66. The lowest BCUT2D eigenvalue weighted by molar-refractivity contribution is 0.327. The van der Waals surface area contributed by atoms with Crippen LogP contribution in [-0.4, -0.2) is 19.1 Å². The van der Waals surface area contributed by atoms with E-state index in [2.05, 4.69) is 60.4 Å². The van der Waals surface area contributed by atoms with E-state index < -0.39 is 25.5 Å². The molecule has 0 saturated heterocycles. The van der Waals surface area contributed by atoms with Crippen molar-refractivity contribution in [1.82, 2.24) is 0 Å². The van der Waals surface area contributed by atoms with Gasteiger partial charge >= 0.3 is 0 Å². The standard InChI is InChI=1S/C32H48O2SSi/c1-25(18-20-29-26(2)15-14-23-32(29,7)8)19-21-30(35(33)28-16-12-11-13-17-28)27(3)22-24-34-36(9,10)31(4,5)6/h11-13,16-19,22H,14-15,20,23-24H2,1-10H3/b25-18+,27-22+/i20D2. The lowest BCUT2D eigenvalue weighted by Crippen LogP contribution is -2.40. The Hall–Kier alpha value is -1.71. The molecule has 2 nitrogen and oxygen atoms in total. The first-order valence-corrected chi connectivity index (χ1v) is 17.1. The average molecular weight is 527 g/mol. The molecule has 198 valence electrons. The van der Waals surface area contributed by atoms with Crippen LogP contribution in [0.15, 0.2) is 86.4 Å². The summed E-state index contributed by atoms with van der Waals surface area (Å²) in [6.45, 7) is 21.7. The fraction of sp³-hybridized carbons (Fsp3) is 0.531. The van der Waals surface area contributed by atoms with Gasteiger partial charge in [-0.05, 0) is 99.3 Å². The number of benzene rings is 1. The minimum Gasteiger partial charge on any atom is -0.413 e.